The van der Waals surface area contributed by atoms with E-state index in [9.17, 15) is 9.90 Å². The van der Waals surface area contributed by atoms with E-state index < -0.39 is 5.91 Å². The summed E-state index contributed by atoms with van der Waals surface area (Å²) in [5.74, 6) is 0.356. The Morgan fingerprint density at radius 1 is 1.00 bits per heavy atom. The van der Waals surface area contributed by atoms with Crippen LogP contribution >= 0.6 is 12.2 Å². The third-order valence-electron chi connectivity index (χ3n) is 4.25. The van der Waals surface area contributed by atoms with Gasteiger partial charge in [0.2, 0.25) is 0 Å². The van der Waals surface area contributed by atoms with Gasteiger partial charge in [0.1, 0.15) is 11.5 Å². The molecule has 0 saturated heterocycles. The summed E-state index contributed by atoms with van der Waals surface area (Å²) in [6, 6.07) is 14.5. The summed E-state index contributed by atoms with van der Waals surface area (Å²) < 4.78 is 5.67. The van der Waals surface area contributed by atoms with Crippen LogP contribution in [0.25, 0.3) is 11.3 Å². The summed E-state index contributed by atoms with van der Waals surface area (Å²) in [6.07, 6.45) is 0. The zero-order chi connectivity index (χ0) is 19.6. The minimum absolute atomic E-state index is 0.0571. The molecule has 0 atom stereocenters. The Bertz CT molecular complexity index is 1020. The maximum atomic E-state index is 12.4. The summed E-state index contributed by atoms with van der Waals surface area (Å²) in [5, 5.41) is 15.3. The highest BCUT2D eigenvalue weighted by Gasteiger charge is 2.14. The van der Waals surface area contributed by atoms with Gasteiger partial charge in [-0.3, -0.25) is 10.1 Å². The summed E-state index contributed by atoms with van der Waals surface area (Å²) in [5.41, 5.74) is 4.59. The molecule has 1 heterocycles. The maximum Gasteiger partial charge on any atom is 0.293 e. The van der Waals surface area contributed by atoms with E-state index in [4.69, 9.17) is 16.6 Å². The van der Waals surface area contributed by atoms with Crippen molar-refractivity contribution in [3.63, 3.8) is 0 Å². The van der Waals surface area contributed by atoms with Crippen LogP contribution in [0.4, 0.5) is 5.69 Å². The molecule has 3 N–H and O–H groups in total. The van der Waals surface area contributed by atoms with Gasteiger partial charge in [0.15, 0.2) is 10.9 Å². The van der Waals surface area contributed by atoms with Gasteiger partial charge >= 0.3 is 0 Å². The van der Waals surface area contributed by atoms with Gasteiger partial charge in [-0.05, 0) is 80.0 Å². The van der Waals surface area contributed by atoms with Crippen LogP contribution in [0, 0.1) is 20.8 Å². The molecule has 138 valence electrons. The second-order valence-electron chi connectivity index (χ2n) is 6.39. The lowest BCUT2D eigenvalue weighted by Crippen LogP contribution is -2.33. The number of phenolic OH excluding ortho intramolecular Hbond substituents is 1. The predicted molar refractivity (Wildman–Crippen MR) is 110 cm³/mol. The van der Waals surface area contributed by atoms with Crippen molar-refractivity contribution in [2.24, 2.45) is 0 Å². The molecule has 27 heavy (non-hydrogen) atoms. The fraction of sp³-hybridized carbons (Fsp3) is 0.143. The first kappa shape index (κ1) is 18.7. The first-order valence-electron chi connectivity index (χ1n) is 8.43. The highest BCUT2D eigenvalue weighted by molar-refractivity contribution is 7.80. The van der Waals surface area contributed by atoms with Gasteiger partial charge in [0, 0.05) is 5.56 Å². The Kier molecular flexibility index (Phi) is 5.28. The average Bonchev–Trinajstić information content (AvgIpc) is 3.10. The van der Waals surface area contributed by atoms with Crippen LogP contribution in [0.15, 0.2) is 52.9 Å². The van der Waals surface area contributed by atoms with Crippen molar-refractivity contribution in [3.8, 4) is 17.1 Å². The molecule has 1 aromatic heterocycles. The normalized spacial score (nSPS) is 10.5. The number of hydrogen-bond acceptors (Lipinski definition) is 4. The first-order valence-corrected chi connectivity index (χ1v) is 8.84. The Hall–Kier alpha value is -3.12. The van der Waals surface area contributed by atoms with Gasteiger partial charge in [-0.2, -0.15) is 0 Å². The van der Waals surface area contributed by atoms with Crippen LogP contribution in [0.5, 0.6) is 5.75 Å². The van der Waals surface area contributed by atoms with Crippen LogP contribution in [0.3, 0.4) is 0 Å². The number of benzene rings is 2. The fourth-order valence-corrected chi connectivity index (χ4v) is 2.78. The molecule has 6 heteroatoms. The van der Waals surface area contributed by atoms with E-state index in [2.05, 4.69) is 10.6 Å². The standard InChI is InChI=1S/C21H20N2O3S/c1-12-4-7-16(17(24)10-12)22-21(27)23-20(25)19-9-8-18(26-19)15-6-5-13(2)14(3)11-15/h4-11,24H,1-3H3,(H2,22,23,25,27). The van der Waals surface area contributed by atoms with Gasteiger partial charge in [-0.25, -0.2) is 0 Å². The molecule has 0 spiro atoms. The smallest absolute Gasteiger partial charge is 0.293 e. The molecule has 5 nitrogen and oxygen atoms in total. The topological polar surface area (TPSA) is 74.5 Å². The largest absolute Gasteiger partial charge is 0.506 e. The molecular formula is C21H20N2O3S. The number of carbonyl (C=O) groups is 1. The van der Waals surface area contributed by atoms with E-state index in [0.29, 0.717) is 11.4 Å². The number of rotatable bonds is 3. The molecule has 0 aliphatic heterocycles. The van der Waals surface area contributed by atoms with E-state index in [0.717, 1.165) is 16.7 Å². The molecule has 0 aliphatic carbocycles. The van der Waals surface area contributed by atoms with Crippen molar-refractivity contribution in [1.29, 1.82) is 0 Å². The number of nitrogens with one attached hydrogen (secondary N) is 2. The zero-order valence-electron chi connectivity index (χ0n) is 15.3. The summed E-state index contributed by atoms with van der Waals surface area (Å²) >= 11 is 5.14. The lowest BCUT2D eigenvalue weighted by Gasteiger charge is -2.10. The van der Waals surface area contributed by atoms with E-state index in [1.54, 1.807) is 24.3 Å². The summed E-state index contributed by atoms with van der Waals surface area (Å²) in [7, 11) is 0. The van der Waals surface area contributed by atoms with E-state index in [-0.39, 0.29) is 16.6 Å². The number of aryl methyl sites for hydroxylation is 3. The molecular weight excluding hydrogens is 360 g/mol. The van der Waals surface area contributed by atoms with Gasteiger partial charge in [0.05, 0.1) is 5.69 Å². The second-order valence-corrected chi connectivity index (χ2v) is 6.80. The third kappa shape index (κ3) is 4.35. The molecule has 1 amide bonds. The van der Waals surface area contributed by atoms with Crippen molar-refractivity contribution >= 4 is 28.9 Å². The van der Waals surface area contributed by atoms with Gasteiger partial charge in [-0.15, -0.1) is 0 Å². The Morgan fingerprint density at radius 3 is 2.48 bits per heavy atom. The third-order valence-corrected chi connectivity index (χ3v) is 4.45. The van der Waals surface area contributed by atoms with Gasteiger partial charge < -0.3 is 14.8 Å². The van der Waals surface area contributed by atoms with Crippen LogP contribution in [-0.2, 0) is 0 Å². The van der Waals surface area contributed by atoms with Crippen molar-refractivity contribution in [1.82, 2.24) is 5.32 Å². The van der Waals surface area contributed by atoms with Crippen LogP contribution < -0.4 is 10.6 Å². The number of carbonyl (C=O) groups excluding carboxylic acids is 1. The quantitative estimate of drug-likeness (QED) is 0.453. The molecule has 0 bridgehead atoms. The maximum absolute atomic E-state index is 12.4. The summed E-state index contributed by atoms with van der Waals surface area (Å²) in [6.45, 7) is 5.94. The number of phenols is 1. The molecule has 3 aromatic rings. The minimum Gasteiger partial charge on any atom is -0.506 e. The molecule has 0 radical (unpaired) electrons. The number of aromatic hydroxyl groups is 1. The Balaban J connectivity index is 1.68. The second kappa shape index (κ2) is 7.63. The Labute approximate surface area is 163 Å². The lowest BCUT2D eigenvalue weighted by atomic mass is 10.1. The van der Waals surface area contributed by atoms with Crippen molar-refractivity contribution in [2.45, 2.75) is 20.8 Å². The van der Waals surface area contributed by atoms with Crippen molar-refractivity contribution in [2.75, 3.05) is 5.32 Å². The highest BCUT2D eigenvalue weighted by atomic mass is 32.1. The number of thiocarbonyl (C=S) groups is 1. The first-order chi connectivity index (χ1) is 12.8. The monoisotopic (exact) mass is 380 g/mol. The predicted octanol–water partition coefficient (Wildman–Crippen LogP) is 4.70. The van der Waals surface area contributed by atoms with Crippen LogP contribution in [0.2, 0.25) is 0 Å². The van der Waals surface area contributed by atoms with E-state index in [1.807, 2.05) is 45.0 Å². The number of furan rings is 1. The van der Waals surface area contributed by atoms with Crippen molar-refractivity contribution in [3.05, 3.63) is 71.0 Å². The van der Waals surface area contributed by atoms with Gasteiger partial charge in [-0.1, -0.05) is 18.2 Å². The van der Waals surface area contributed by atoms with E-state index in [1.165, 1.54) is 5.56 Å². The number of amides is 1. The molecule has 0 saturated carbocycles. The lowest BCUT2D eigenvalue weighted by molar-refractivity contribution is 0.0951. The van der Waals surface area contributed by atoms with Crippen LogP contribution in [-0.4, -0.2) is 16.1 Å². The molecule has 2 aromatic carbocycles. The molecule has 0 unspecified atom stereocenters. The SMILES string of the molecule is Cc1ccc(NC(=S)NC(=O)c2ccc(-c3ccc(C)c(C)c3)o2)c(O)c1. The van der Waals surface area contributed by atoms with Gasteiger partial charge in [0.25, 0.3) is 5.91 Å². The number of anilines is 1. The fourth-order valence-electron chi connectivity index (χ4n) is 2.58. The van der Waals surface area contributed by atoms with E-state index >= 15 is 0 Å². The van der Waals surface area contributed by atoms with Crippen LogP contribution in [0.1, 0.15) is 27.2 Å². The van der Waals surface area contributed by atoms with Crippen molar-refractivity contribution < 1.29 is 14.3 Å². The molecule has 3 rings (SSSR count). The zero-order valence-corrected chi connectivity index (χ0v) is 16.1. The number of hydrogen-bond donors (Lipinski definition) is 3. The average molecular weight is 380 g/mol. The highest BCUT2D eigenvalue weighted by Crippen LogP contribution is 2.25. The molecule has 0 fully saturated rings. The summed E-state index contributed by atoms with van der Waals surface area (Å²) in [4.78, 5) is 12.4. The molecule has 0 aliphatic rings. The Morgan fingerprint density at radius 2 is 1.78 bits per heavy atom. The minimum atomic E-state index is -0.464.